The molecule has 1 aromatic heterocycles. The summed E-state index contributed by atoms with van der Waals surface area (Å²) in [7, 11) is 0. The molecule has 0 aliphatic heterocycles. The zero-order chi connectivity index (χ0) is 13.7. The minimum absolute atomic E-state index is 0.210. The van der Waals surface area contributed by atoms with E-state index in [1.807, 2.05) is 6.07 Å². The van der Waals surface area contributed by atoms with E-state index in [0.29, 0.717) is 10.4 Å². The molecule has 1 aromatic rings. The maximum absolute atomic E-state index is 11.5. The Kier molecular flexibility index (Phi) is 4.98. The van der Waals surface area contributed by atoms with Gasteiger partial charge in [0.2, 0.25) is 0 Å². The maximum atomic E-state index is 11.5. The molecule has 0 aromatic carbocycles. The van der Waals surface area contributed by atoms with Gasteiger partial charge in [0.05, 0.1) is 11.3 Å². The zero-order valence-electron chi connectivity index (χ0n) is 10.7. The van der Waals surface area contributed by atoms with Crippen LogP contribution in [0.15, 0.2) is 0 Å². The third-order valence-corrected chi connectivity index (χ3v) is 3.72. The highest BCUT2D eigenvalue weighted by Gasteiger charge is 2.23. The molecule has 0 unspecified atom stereocenters. The number of anilines is 2. The van der Waals surface area contributed by atoms with Crippen LogP contribution in [0.2, 0.25) is 0 Å². The Hall–Kier alpha value is -1.74. The predicted molar refractivity (Wildman–Crippen MR) is 74.8 cm³/mol. The lowest BCUT2D eigenvalue weighted by Gasteiger charge is -2.22. The summed E-state index contributed by atoms with van der Waals surface area (Å²) in [5.41, 5.74) is 11.7. The molecule has 5 nitrogen and oxygen atoms in total. The maximum Gasteiger partial charge on any atom is 0.253 e. The third-order valence-electron chi connectivity index (χ3n) is 2.55. The molecule has 98 valence electrons. The highest BCUT2D eigenvalue weighted by atomic mass is 32.1. The minimum atomic E-state index is -0.572. The molecule has 0 radical (unpaired) electrons. The molecule has 0 aliphatic carbocycles. The first-order valence-corrected chi connectivity index (χ1v) is 6.75. The number of nitrogens with two attached hydrogens (primary N) is 2. The molecule has 0 atom stereocenters. The number of carbonyl (C=O) groups excluding carboxylic acids is 1. The van der Waals surface area contributed by atoms with Crippen LogP contribution in [0.25, 0.3) is 0 Å². The standard InChI is InChI=1S/C12H18N4OS/c1-3-5-16(6-4-2)12-9(11(15)17)10(14)8(7-13)18-12/h3-6,14H2,1-2H3,(H2,15,17). The molecule has 6 heteroatoms. The van der Waals surface area contributed by atoms with Crippen LogP contribution < -0.4 is 16.4 Å². The van der Waals surface area contributed by atoms with Crippen molar-refractivity contribution in [2.24, 2.45) is 5.73 Å². The van der Waals surface area contributed by atoms with Crippen molar-refractivity contribution < 1.29 is 4.79 Å². The lowest BCUT2D eigenvalue weighted by atomic mass is 10.2. The highest BCUT2D eigenvalue weighted by molar-refractivity contribution is 7.17. The first-order valence-electron chi connectivity index (χ1n) is 5.93. The Morgan fingerprint density at radius 2 is 1.94 bits per heavy atom. The molecule has 0 saturated carbocycles. The van der Waals surface area contributed by atoms with Gasteiger partial charge >= 0.3 is 0 Å². The van der Waals surface area contributed by atoms with Gasteiger partial charge in [-0.05, 0) is 12.8 Å². The lowest BCUT2D eigenvalue weighted by molar-refractivity contribution is 0.100. The van der Waals surface area contributed by atoms with E-state index >= 15 is 0 Å². The molecule has 1 heterocycles. The molecular weight excluding hydrogens is 248 g/mol. The van der Waals surface area contributed by atoms with Gasteiger partial charge in [-0.1, -0.05) is 13.8 Å². The Morgan fingerprint density at radius 3 is 2.33 bits per heavy atom. The van der Waals surface area contributed by atoms with Crippen molar-refractivity contribution in [1.29, 1.82) is 5.26 Å². The fourth-order valence-corrected chi connectivity index (χ4v) is 2.91. The van der Waals surface area contributed by atoms with Crippen LogP contribution in [0.5, 0.6) is 0 Å². The molecule has 0 aliphatic rings. The van der Waals surface area contributed by atoms with Crippen LogP contribution in [0, 0.1) is 11.3 Å². The fraction of sp³-hybridized carbons (Fsp3) is 0.500. The molecule has 4 N–H and O–H groups in total. The average Bonchev–Trinajstić information content (AvgIpc) is 2.66. The number of rotatable bonds is 6. The number of hydrogen-bond donors (Lipinski definition) is 2. The number of nitrogens with zero attached hydrogens (tertiary/aromatic N) is 2. The van der Waals surface area contributed by atoms with E-state index in [-0.39, 0.29) is 5.69 Å². The molecule has 1 amide bonds. The van der Waals surface area contributed by atoms with E-state index in [2.05, 4.69) is 18.7 Å². The first-order chi connectivity index (χ1) is 8.56. The average molecular weight is 266 g/mol. The summed E-state index contributed by atoms with van der Waals surface area (Å²) in [5.74, 6) is -0.572. The topological polar surface area (TPSA) is 96.1 Å². The van der Waals surface area contributed by atoms with E-state index < -0.39 is 5.91 Å². The smallest absolute Gasteiger partial charge is 0.253 e. The first kappa shape index (κ1) is 14.3. The second kappa shape index (κ2) is 6.26. The van der Waals surface area contributed by atoms with Crippen molar-refractivity contribution >= 4 is 27.9 Å². The van der Waals surface area contributed by atoms with Gasteiger partial charge in [-0.3, -0.25) is 4.79 Å². The van der Waals surface area contributed by atoms with Crippen molar-refractivity contribution in [3.63, 3.8) is 0 Å². The van der Waals surface area contributed by atoms with Crippen LogP contribution in [-0.4, -0.2) is 19.0 Å². The second-order valence-corrected chi connectivity index (χ2v) is 4.99. The number of hydrogen-bond acceptors (Lipinski definition) is 5. The van der Waals surface area contributed by atoms with Gasteiger partial charge in [-0.15, -0.1) is 11.3 Å². The summed E-state index contributed by atoms with van der Waals surface area (Å²) in [4.78, 5) is 13.9. The van der Waals surface area contributed by atoms with Gasteiger partial charge in [-0.25, -0.2) is 0 Å². The van der Waals surface area contributed by atoms with Crippen LogP contribution in [0.4, 0.5) is 10.7 Å². The molecule has 0 fully saturated rings. The van der Waals surface area contributed by atoms with Crippen LogP contribution in [0.3, 0.4) is 0 Å². The van der Waals surface area contributed by atoms with Gasteiger partial charge in [0.15, 0.2) is 0 Å². The minimum Gasteiger partial charge on any atom is -0.396 e. The Labute approximate surface area is 111 Å². The van der Waals surface area contributed by atoms with Crippen LogP contribution >= 0.6 is 11.3 Å². The predicted octanol–water partition coefficient (Wildman–Crippen LogP) is 1.93. The number of nitriles is 1. The number of carbonyl (C=O) groups is 1. The van der Waals surface area contributed by atoms with Crippen molar-refractivity contribution in [3.05, 3.63) is 10.4 Å². The number of primary amides is 1. The van der Waals surface area contributed by atoms with Crippen molar-refractivity contribution in [2.75, 3.05) is 23.7 Å². The molecular formula is C12H18N4OS. The van der Waals surface area contributed by atoms with E-state index in [4.69, 9.17) is 16.7 Å². The van der Waals surface area contributed by atoms with E-state index in [0.717, 1.165) is 30.9 Å². The molecule has 18 heavy (non-hydrogen) atoms. The quantitative estimate of drug-likeness (QED) is 0.822. The third kappa shape index (κ3) is 2.74. The number of thiophene rings is 1. The van der Waals surface area contributed by atoms with Crippen LogP contribution in [0.1, 0.15) is 41.9 Å². The van der Waals surface area contributed by atoms with E-state index in [1.165, 1.54) is 11.3 Å². The summed E-state index contributed by atoms with van der Waals surface area (Å²) in [5, 5.41) is 9.71. The lowest BCUT2D eigenvalue weighted by Crippen LogP contribution is -2.27. The van der Waals surface area contributed by atoms with Gasteiger partial charge in [-0.2, -0.15) is 5.26 Å². The van der Waals surface area contributed by atoms with Gasteiger partial charge in [0.1, 0.15) is 15.9 Å². The molecule has 0 saturated heterocycles. The summed E-state index contributed by atoms with van der Waals surface area (Å²) in [6.45, 7) is 5.77. The Morgan fingerprint density at radius 1 is 1.39 bits per heavy atom. The van der Waals surface area contributed by atoms with E-state index in [1.54, 1.807) is 0 Å². The normalized spacial score (nSPS) is 10.1. The summed E-state index contributed by atoms with van der Waals surface area (Å²) < 4.78 is 0. The Bertz CT molecular complexity index is 469. The van der Waals surface area contributed by atoms with Gasteiger partial charge in [0, 0.05) is 13.1 Å². The van der Waals surface area contributed by atoms with Crippen molar-refractivity contribution in [3.8, 4) is 6.07 Å². The monoisotopic (exact) mass is 266 g/mol. The molecule has 1 rings (SSSR count). The van der Waals surface area contributed by atoms with Crippen molar-refractivity contribution in [1.82, 2.24) is 0 Å². The van der Waals surface area contributed by atoms with Gasteiger partial charge < -0.3 is 16.4 Å². The van der Waals surface area contributed by atoms with Gasteiger partial charge in [0.25, 0.3) is 5.91 Å². The highest BCUT2D eigenvalue weighted by Crippen LogP contribution is 2.37. The molecule has 0 spiro atoms. The molecule has 0 bridgehead atoms. The largest absolute Gasteiger partial charge is 0.396 e. The SMILES string of the molecule is CCCN(CCC)c1sc(C#N)c(N)c1C(N)=O. The second-order valence-electron chi connectivity index (χ2n) is 3.99. The summed E-state index contributed by atoms with van der Waals surface area (Å²) in [6, 6.07) is 2.01. The fourth-order valence-electron chi connectivity index (χ4n) is 1.83. The zero-order valence-corrected chi connectivity index (χ0v) is 11.5. The summed E-state index contributed by atoms with van der Waals surface area (Å²) >= 11 is 1.24. The number of nitrogen functional groups attached to an aromatic ring is 1. The van der Waals surface area contributed by atoms with E-state index in [9.17, 15) is 4.79 Å². The number of amides is 1. The Balaban J connectivity index is 3.28. The van der Waals surface area contributed by atoms with Crippen LogP contribution in [-0.2, 0) is 0 Å². The van der Waals surface area contributed by atoms with Crippen molar-refractivity contribution in [2.45, 2.75) is 26.7 Å². The summed E-state index contributed by atoms with van der Waals surface area (Å²) in [6.07, 6.45) is 1.91.